The van der Waals surface area contributed by atoms with Crippen LogP contribution in [0.2, 0.25) is 0 Å². The number of aliphatic hydroxyl groups excluding tert-OH is 1. The number of piperidine rings is 1. The Kier molecular flexibility index (Phi) is 6.37. The minimum Gasteiger partial charge on any atom is -0.392 e. The Morgan fingerprint density at radius 2 is 2.25 bits per heavy atom. The minimum absolute atomic E-state index is 0.0603. The predicted octanol–water partition coefficient (Wildman–Crippen LogP) is -0.358. The van der Waals surface area contributed by atoms with Crippen molar-refractivity contribution in [2.45, 2.75) is 38.4 Å². The highest BCUT2D eigenvalue weighted by Gasteiger charge is 2.13. The molecular weight excluding hydrogens is 208 g/mol. The molecule has 1 rings (SSSR count). The molecule has 1 atom stereocenters. The van der Waals surface area contributed by atoms with E-state index in [1.165, 1.54) is 0 Å². The molecule has 16 heavy (non-hydrogen) atoms. The zero-order valence-electron chi connectivity index (χ0n) is 9.87. The van der Waals surface area contributed by atoms with Gasteiger partial charge in [-0.05, 0) is 32.9 Å². The molecule has 0 aromatic heterocycles. The topological polar surface area (TPSA) is 70.6 Å². The first kappa shape index (κ1) is 13.4. The van der Waals surface area contributed by atoms with Gasteiger partial charge in [0.2, 0.25) is 5.91 Å². The van der Waals surface area contributed by atoms with Crippen molar-refractivity contribution >= 4 is 5.91 Å². The Morgan fingerprint density at radius 3 is 2.88 bits per heavy atom. The average molecular weight is 230 g/mol. The van der Waals surface area contributed by atoms with Gasteiger partial charge in [-0.1, -0.05) is 0 Å². The van der Waals surface area contributed by atoms with Gasteiger partial charge in [-0.3, -0.25) is 4.79 Å². The zero-order valence-corrected chi connectivity index (χ0v) is 9.87. The van der Waals surface area contributed by atoms with E-state index in [0.29, 0.717) is 25.7 Å². The van der Waals surface area contributed by atoms with Gasteiger partial charge in [0.05, 0.1) is 18.8 Å². The number of hydrogen-bond acceptors (Lipinski definition) is 4. The molecule has 5 nitrogen and oxygen atoms in total. The quantitative estimate of drug-likeness (QED) is 0.583. The summed E-state index contributed by atoms with van der Waals surface area (Å²) >= 11 is 0. The van der Waals surface area contributed by atoms with E-state index in [1.54, 1.807) is 6.92 Å². The van der Waals surface area contributed by atoms with Crippen LogP contribution >= 0.6 is 0 Å². The molecule has 5 heteroatoms. The Balaban J connectivity index is 1.99. The molecule has 0 bridgehead atoms. The van der Waals surface area contributed by atoms with Gasteiger partial charge < -0.3 is 20.5 Å². The van der Waals surface area contributed by atoms with Gasteiger partial charge in [-0.2, -0.15) is 0 Å². The highest BCUT2D eigenvalue weighted by atomic mass is 16.5. The average Bonchev–Trinajstić information content (AvgIpc) is 2.28. The van der Waals surface area contributed by atoms with Crippen LogP contribution in [-0.2, 0) is 9.53 Å². The highest BCUT2D eigenvalue weighted by Crippen LogP contribution is 2.07. The van der Waals surface area contributed by atoms with Crippen LogP contribution in [0.3, 0.4) is 0 Å². The molecule has 1 fully saturated rings. The van der Waals surface area contributed by atoms with Gasteiger partial charge >= 0.3 is 0 Å². The first-order valence-electron chi connectivity index (χ1n) is 5.95. The second-order valence-corrected chi connectivity index (χ2v) is 4.22. The number of carbonyl (C=O) groups is 1. The molecule has 0 radical (unpaired) electrons. The number of rotatable bonds is 6. The van der Waals surface area contributed by atoms with Crippen molar-refractivity contribution in [2.75, 3.05) is 26.2 Å². The molecule has 1 saturated heterocycles. The fourth-order valence-electron chi connectivity index (χ4n) is 1.63. The molecule has 1 amide bonds. The van der Waals surface area contributed by atoms with E-state index in [4.69, 9.17) is 9.84 Å². The summed E-state index contributed by atoms with van der Waals surface area (Å²) in [5, 5.41) is 14.9. The first-order valence-corrected chi connectivity index (χ1v) is 5.95. The molecule has 0 aromatic carbocycles. The molecule has 0 saturated carbocycles. The van der Waals surface area contributed by atoms with Crippen molar-refractivity contribution in [1.82, 2.24) is 10.6 Å². The Labute approximate surface area is 96.6 Å². The van der Waals surface area contributed by atoms with Gasteiger partial charge in [0.15, 0.2) is 0 Å². The number of aliphatic hydroxyl groups is 1. The number of carbonyl (C=O) groups excluding carboxylic acids is 1. The number of ether oxygens (including phenoxy) is 1. The summed E-state index contributed by atoms with van der Waals surface area (Å²) in [4.78, 5) is 11.3. The van der Waals surface area contributed by atoms with Crippen LogP contribution < -0.4 is 10.6 Å². The second-order valence-electron chi connectivity index (χ2n) is 4.22. The molecule has 94 valence electrons. The van der Waals surface area contributed by atoms with Crippen molar-refractivity contribution in [2.24, 2.45) is 0 Å². The summed E-state index contributed by atoms with van der Waals surface area (Å²) < 4.78 is 5.60. The van der Waals surface area contributed by atoms with E-state index in [9.17, 15) is 4.79 Å². The first-order chi connectivity index (χ1) is 7.68. The Morgan fingerprint density at radius 1 is 1.56 bits per heavy atom. The van der Waals surface area contributed by atoms with Crippen LogP contribution in [0, 0.1) is 0 Å². The maximum Gasteiger partial charge on any atom is 0.222 e. The normalized spacial score (nSPS) is 19.4. The molecular formula is C11H22N2O3. The van der Waals surface area contributed by atoms with Gasteiger partial charge in [0, 0.05) is 13.0 Å². The molecule has 1 aliphatic heterocycles. The smallest absolute Gasteiger partial charge is 0.222 e. The molecule has 1 aliphatic rings. The molecule has 3 N–H and O–H groups in total. The number of nitrogens with one attached hydrogen (secondary N) is 2. The summed E-state index contributed by atoms with van der Waals surface area (Å²) in [6, 6.07) is 0. The molecule has 0 spiro atoms. The fourth-order valence-corrected chi connectivity index (χ4v) is 1.63. The van der Waals surface area contributed by atoms with Crippen LogP contribution in [0.1, 0.15) is 26.2 Å². The molecule has 0 aromatic rings. The van der Waals surface area contributed by atoms with Crippen molar-refractivity contribution in [1.29, 1.82) is 0 Å². The van der Waals surface area contributed by atoms with Gasteiger partial charge in [0.1, 0.15) is 0 Å². The van der Waals surface area contributed by atoms with E-state index in [-0.39, 0.29) is 5.91 Å². The summed E-state index contributed by atoms with van der Waals surface area (Å²) in [6.07, 6.45) is 2.22. The van der Waals surface area contributed by atoms with Crippen LogP contribution in [0.25, 0.3) is 0 Å². The van der Waals surface area contributed by atoms with Crippen molar-refractivity contribution in [3.8, 4) is 0 Å². The van der Waals surface area contributed by atoms with E-state index in [2.05, 4.69) is 10.6 Å². The van der Waals surface area contributed by atoms with Crippen molar-refractivity contribution in [3.63, 3.8) is 0 Å². The number of hydrogen-bond donors (Lipinski definition) is 3. The van der Waals surface area contributed by atoms with Crippen LogP contribution in [0.15, 0.2) is 0 Å². The molecule has 0 unspecified atom stereocenters. The highest BCUT2D eigenvalue weighted by molar-refractivity contribution is 5.75. The lowest BCUT2D eigenvalue weighted by Crippen LogP contribution is -2.34. The lowest BCUT2D eigenvalue weighted by molar-refractivity contribution is -0.123. The summed E-state index contributed by atoms with van der Waals surface area (Å²) in [5.41, 5.74) is 0. The number of amides is 1. The van der Waals surface area contributed by atoms with E-state index in [0.717, 1.165) is 25.9 Å². The monoisotopic (exact) mass is 230 g/mol. The van der Waals surface area contributed by atoms with Gasteiger partial charge in [-0.15, -0.1) is 0 Å². The summed E-state index contributed by atoms with van der Waals surface area (Å²) in [5.74, 6) is -0.0603. The summed E-state index contributed by atoms with van der Waals surface area (Å²) in [6.45, 7) is 4.42. The lowest BCUT2D eigenvalue weighted by atomic mass is 10.1. The largest absolute Gasteiger partial charge is 0.392 e. The van der Waals surface area contributed by atoms with Crippen molar-refractivity contribution in [3.05, 3.63) is 0 Å². The minimum atomic E-state index is -0.491. The third-order valence-electron chi connectivity index (χ3n) is 2.56. The molecule has 0 aliphatic carbocycles. The third kappa shape index (κ3) is 6.05. The Bertz CT molecular complexity index is 203. The zero-order chi connectivity index (χ0) is 11.8. The van der Waals surface area contributed by atoms with Crippen LogP contribution in [0.5, 0.6) is 0 Å². The van der Waals surface area contributed by atoms with E-state index >= 15 is 0 Å². The lowest BCUT2D eigenvalue weighted by Gasteiger charge is -2.22. The maximum atomic E-state index is 11.3. The maximum absolute atomic E-state index is 11.3. The predicted molar refractivity (Wildman–Crippen MR) is 61.2 cm³/mol. The Hall–Kier alpha value is -0.650. The van der Waals surface area contributed by atoms with Gasteiger partial charge in [0.25, 0.3) is 0 Å². The standard InChI is InChI=1S/C11H22N2O3/c1-9(14)8-13-11(15)4-7-16-10-2-5-12-6-3-10/h9-10,12,14H,2-8H2,1H3,(H,13,15)/t9-/m1/s1. The SMILES string of the molecule is C[C@@H](O)CNC(=O)CCOC1CCNCC1. The summed E-state index contributed by atoms with van der Waals surface area (Å²) in [7, 11) is 0. The fraction of sp³-hybridized carbons (Fsp3) is 0.909. The van der Waals surface area contributed by atoms with Crippen molar-refractivity contribution < 1.29 is 14.6 Å². The van der Waals surface area contributed by atoms with Crippen LogP contribution in [-0.4, -0.2) is 49.5 Å². The second kappa shape index (κ2) is 7.60. The van der Waals surface area contributed by atoms with Gasteiger partial charge in [-0.25, -0.2) is 0 Å². The molecule has 1 heterocycles. The van der Waals surface area contributed by atoms with E-state index in [1.807, 2.05) is 0 Å². The van der Waals surface area contributed by atoms with E-state index < -0.39 is 6.10 Å². The third-order valence-corrected chi connectivity index (χ3v) is 2.56. The van der Waals surface area contributed by atoms with Crippen LogP contribution in [0.4, 0.5) is 0 Å².